The Kier molecular flexibility index (Phi) is 5.52. The first-order valence-electron chi connectivity index (χ1n) is 6.11. The monoisotopic (exact) mass is 323 g/mol. The molecule has 1 unspecified atom stereocenters. The van der Waals surface area contributed by atoms with Crippen LogP contribution in [-0.4, -0.2) is 32.3 Å². The van der Waals surface area contributed by atoms with Gasteiger partial charge < -0.3 is 5.73 Å². The summed E-state index contributed by atoms with van der Waals surface area (Å²) in [6.07, 6.45) is -3.75. The van der Waals surface area contributed by atoms with E-state index in [9.17, 15) is 26.4 Å². The van der Waals surface area contributed by atoms with Crippen molar-refractivity contribution in [3.05, 3.63) is 35.4 Å². The first-order chi connectivity index (χ1) is 9.49. The third kappa shape index (κ3) is 6.26. The van der Waals surface area contributed by atoms with E-state index in [1.54, 1.807) is 0 Å². The predicted octanol–water partition coefficient (Wildman–Crippen LogP) is 1.58. The van der Waals surface area contributed by atoms with Crippen molar-refractivity contribution in [1.29, 1.82) is 0 Å². The zero-order chi connectivity index (χ0) is 16.3. The molecule has 0 aromatic heterocycles. The summed E-state index contributed by atoms with van der Waals surface area (Å²) in [5, 5.41) is 0. The second kappa shape index (κ2) is 6.57. The number of hydrogen-bond donors (Lipinski definition) is 1. The summed E-state index contributed by atoms with van der Waals surface area (Å²) < 4.78 is 59.6. The minimum atomic E-state index is -4.47. The molecule has 2 N–H and O–H groups in total. The van der Waals surface area contributed by atoms with Gasteiger partial charge in [-0.25, -0.2) is 8.42 Å². The first-order valence-corrected chi connectivity index (χ1v) is 8.17. The maximum absolute atomic E-state index is 12.5. The van der Waals surface area contributed by atoms with Crippen LogP contribution in [0, 0.1) is 0 Å². The highest BCUT2D eigenvalue weighted by atomic mass is 32.2. The molecule has 1 rings (SSSR count). The number of benzene rings is 1. The minimum absolute atomic E-state index is 0.0450. The molecule has 8 heteroatoms. The molecule has 0 spiro atoms. The summed E-state index contributed by atoms with van der Waals surface area (Å²) in [5.41, 5.74) is 4.92. The molecule has 0 heterocycles. The third-order valence-electron chi connectivity index (χ3n) is 2.85. The van der Waals surface area contributed by atoms with Gasteiger partial charge in [-0.1, -0.05) is 18.2 Å². The number of rotatable bonds is 6. The Morgan fingerprint density at radius 3 is 2.48 bits per heavy atom. The Balaban J connectivity index is 2.71. The van der Waals surface area contributed by atoms with Crippen LogP contribution in [0.2, 0.25) is 0 Å². The van der Waals surface area contributed by atoms with Crippen molar-refractivity contribution in [3.63, 3.8) is 0 Å². The summed E-state index contributed by atoms with van der Waals surface area (Å²) in [5.74, 6) is -0.722. The van der Waals surface area contributed by atoms with Gasteiger partial charge in [0.25, 0.3) is 0 Å². The van der Waals surface area contributed by atoms with E-state index in [1.807, 2.05) is 0 Å². The number of carbonyl (C=O) groups excluding carboxylic acids is 1. The fraction of sp³-hybridized carbons (Fsp3) is 0.462. The van der Waals surface area contributed by atoms with Crippen LogP contribution in [0.1, 0.15) is 17.5 Å². The fourth-order valence-electron chi connectivity index (χ4n) is 1.69. The normalized spacial score (nSPS) is 14.0. The number of ketones is 1. The van der Waals surface area contributed by atoms with Crippen molar-refractivity contribution in [2.45, 2.75) is 25.1 Å². The highest BCUT2D eigenvalue weighted by molar-refractivity contribution is 7.90. The van der Waals surface area contributed by atoms with Crippen LogP contribution in [0.25, 0.3) is 0 Å². The molecule has 21 heavy (non-hydrogen) atoms. The Morgan fingerprint density at radius 2 is 1.95 bits per heavy atom. The second-order valence-electron chi connectivity index (χ2n) is 4.87. The Labute approximate surface area is 121 Å². The Morgan fingerprint density at radius 1 is 1.33 bits per heavy atom. The van der Waals surface area contributed by atoms with E-state index in [4.69, 9.17) is 5.73 Å². The highest BCUT2D eigenvalue weighted by Crippen LogP contribution is 2.29. The van der Waals surface area contributed by atoms with E-state index in [0.29, 0.717) is 0 Å². The Hall–Kier alpha value is -1.41. The van der Waals surface area contributed by atoms with Gasteiger partial charge in [0.15, 0.2) is 5.78 Å². The van der Waals surface area contributed by atoms with Crippen LogP contribution < -0.4 is 5.73 Å². The lowest BCUT2D eigenvalue weighted by atomic mass is 10.0. The van der Waals surface area contributed by atoms with E-state index in [0.717, 1.165) is 18.4 Å². The number of carbonyl (C=O) groups is 1. The summed E-state index contributed by atoms with van der Waals surface area (Å²) in [7, 11) is -3.23. The van der Waals surface area contributed by atoms with Gasteiger partial charge in [0.1, 0.15) is 9.84 Å². The van der Waals surface area contributed by atoms with Gasteiger partial charge in [-0.3, -0.25) is 4.79 Å². The van der Waals surface area contributed by atoms with Crippen LogP contribution >= 0.6 is 0 Å². The van der Waals surface area contributed by atoms with Crippen LogP contribution in [0.5, 0.6) is 0 Å². The molecule has 0 bridgehead atoms. The van der Waals surface area contributed by atoms with Crippen molar-refractivity contribution in [1.82, 2.24) is 0 Å². The zero-order valence-corrected chi connectivity index (χ0v) is 12.2. The van der Waals surface area contributed by atoms with Gasteiger partial charge in [-0.15, -0.1) is 0 Å². The number of nitrogens with two attached hydrogens (primary N) is 1. The third-order valence-corrected chi connectivity index (χ3v) is 3.82. The maximum atomic E-state index is 12.5. The number of halogens is 3. The molecular formula is C13H16F3NO3S. The van der Waals surface area contributed by atoms with Crippen LogP contribution in [0.15, 0.2) is 24.3 Å². The molecule has 0 radical (unpaired) electrons. The van der Waals surface area contributed by atoms with Gasteiger partial charge in [0.05, 0.1) is 17.4 Å². The molecule has 0 fully saturated rings. The number of sulfone groups is 1. The minimum Gasteiger partial charge on any atom is -0.321 e. The summed E-state index contributed by atoms with van der Waals surface area (Å²) >= 11 is 0. The largest absolute Gasteiger partial charge is 0.416 e. The Bertz CT molecular complexity index is 611. The molecule has 118 valence electrons. The smallest absolute Gasteiger partial charge is 0.321 e. The lowest BCUT2D eigenvalue weighted by Crippen LogP contribution is -2.33. The number of Topliss-reactive ketones (excluding diaryl/α,β-unsaturated/α-hetero) is 1. The molecule has 0 aliphatic carbocycles. The van der Waals surface area contributed by atoms with Gasteiger partial charge in [0.2, 0.25) is 0 Å². The average molecular weight is 323 g/mol. The molecule has 1 atom stereocenters. The van der Waals surface area contributed by atoms with Gasteiger partial charge in [0, 0.05) is 12.7 Å². The molecular weight excluding hydrogens is 307 g/mol. The van der Waals surface area contributed by atoms with Crippen molar-refractivity contribution >= 4 is 15.6 Å². The molecule has 0 saturated heterocycles. The van der Waals surface area contributed by atoms with E-state index >= 15 is 0 Å². The molecule has 0 aliphatic heterocycles. The van der Waals surface area contributed by atoms with Crippen molar-refractivity contribution in [3.8, 4) is 0 Å². The van der Waals surface area contributed by atoms with E-state index in [-0.39, 0.29) is 24.2 Å². The van der Waals surface area contributed by atoms with Crippen LogP contribution in [0.3, 0.4) is 0 Å². The molecule has 0 amide bonds. The number of alkyl halides is 3. The highest BCUT2D eigenvalue weighted by Gasteiger charge is 2.30. The maximum Gasteiger partial charge on any atom is 0.416 e. The van der Waals surface area contributed by atoms with Gasteiger partial charge in [-0.2, -0.15) is 13.2 Å². The van der Waals surface area contributed by atoms with Crippen molar-refractivity contribution < 1.29 is 26.4 Å². The summed E-state index contributed by atoms with van der Waals surface area (Å²) in [4.78, 5) is 11.8. The summed E-state index contributed by atoms with van der Waals surface area (Å²) in [6.45, 7) is 0. The lowest BCUT2D eigenvalue weighted by Gasteiger charge is -2.11. The average Bonchev–Trinajstić information content (AvgIpc) is 2.34. The van der Waals surface area contributed by atoms with E-state index in [2.05, 4.69) is 0 Å². The van der Waals surface area contributed by atoms with Gasteiger partial charge >= 0.3 is 6.18 Å². The molecule has 0 aliphatic rings. The SMILES string of the molecule is CS(=O)(=O)CCC(N)C(=O)Cc1cccc(C(F)(F)F)c1. The van der Waals surface area contributed by atoms with E-state index in [1.165, 1.54) is 12.1 Å². The van der Waals surface area contributed by atoms with Crippen molar-refractivity contribution in [2.75, 3.05) is 12.0 Å². The number of hydrogen-bond acceptors (Lipinski definition) is 4. The standard InChI is InChI=1S/C13H16F3NO3S/c1-21(19,20)6-5-11(17)12(18)8-9-3-2-4-10(7-9)13(14,15)16/h2-4,7,11H,5-6,8,17H2,1H3. The summed E-state index contributed by atoms with van der Waals surface area (Å²) in [6, 6.07) is 3.41. The quantitative estimate of drug-likeness (QED) is 0.862. The topological polar surface area (TPSA) is 77.2 Å². The molecule has 0 saturated carbocycles. The zero-order valence-electron chi connectivity index (χ0n) is 11.4. The molecule has 1 aromatic carbocycles. The molecule has 4 nitrogen and oxygen atoms in total. The van der Waals surface area contributed by atoms with E-state index < -0.39 is 33.4 Å². The van der Waals surface area contributed by atoms with Crippen molar-refractivity contribution in [2.24, 2.45) is 5.73 Å². The second-order valence-corrected chi connectivity index (χ2v) is 7.13. The van der Waals surface area contributed by atoms with Crippen LogP contribution in [-0.2, 0) is 27.2 Å². The van der Waals surface area contributed by atoms with Gasteiger partial charge in [-0.05, 0) is 18.1 Å². The molecule has 1 aromatic rings. The first kappa shape index (κ1) is 17.6. The van der Waals surface area contributed by atoms with Crippen LogP contribution in [0.4, 0.5) is 13.2 Å². The fourth-order valence-corrected chi connectivity index (χ4v) is 2.37. The predicted molar refractivity (Wildman–Crippen MR) is 72.5 cm³/mol. The lowest BCUT2D eigenvalue weighted by molar-refractivity contribution is -0.137.